The number of hydrogen-bond acceptors (Lipinski definition) is 0. The van der Waals surface area contributed by atoms with E-state index < -0.39 is 0 Å². The van der Waals surface area contributed by atoms with Crippen LogP contribution in [0, 0.1) is 11.8 Å². The molecule has 2 saturated carbocycles. The summed E-state index contributed by atoms with van der Waals surface area (Å²) < 4.78 is 0. The molecule has 0 amide bonds. The first-order chi connectivity index (χ1) is 5.41. The first kappa shape index (κ1) is 8.42. The van der Waals surface area contributed by atoms with Gasteiger partial charge < -0.3 is 6.42 Å². The number of benzene rings is 1. The third-order valence-corrected chi connectivity index (χ3v) is 3.05. The predicted molar refractivity (Wildman–Crippen MR) is 45.2 cm³/mol. The van der Waals surface area contributed by atoms with Crippen LogP contribution in [0.3, 0.4) is 0 Å². The van der Waals surface area contributed by atoms with E-state index in [1.807, 2.05) is 0 Å². The number of hydrogen-bond donors (Lipinski definition) is 0. The third-order valence-electron chi connectivity index (χ3n) is 3.05. The van der Waals surface area contributed by atoms with Crippen LogP contribution in [0.5, 0.6) is 0 Å². The molecule has 1 heteroatoms. The van der Waals surface area contributed by atoms with Gasteiger partial charge in [-0.3, -0.25) is 0 Å². The van der Waals surface area contributed by atoms with Crippen LogP contribution in [0.25, 0.3) is 0 Å². The second kappa shape index (κ2) is 2.65. The zero-order valence-corrected chi connectivity index (χ0v) is 7.46. The maximum atomic E-state index is 2.46. The van der Waals surface area contributed by atoms with Gasteiger partial charge in [-0.1, -0.05) is 36.8 Å². The second-order valence-electron chi connectivity index (χ2n) is 3.81. The molecule has 0 radical (unpaired) electrons. The Morgan fingerprint density at radius 2 is 1.92 bits per heavy atom. The molecule has 2 atom stereocenters. The smallest absolute Gasteiger partial charge is 0.326 e. The van der Waals surface area contributed by atoms with Gasteiger partial charge in [0.1, 0.15) is 0 Å². The van der Waals surface area contributed by atoms with Crippen LogP contribution in [-0.2, 0) is 0 Å². The SMILES string of the molecule is [Li+].c1ccc(C2C[C@]23[CH-]C3)cc1. The Hall–Kier alpha value is -0.183. The summed E-state index contributed by atoms with van der Waals surface area (Å²) >= 11 is 0. The van der Waals surface area contributed by atoms with Crippen LogP contribution >= 0.6 is 0 Å². The summed E-state index contributed by atoms with van der Waals surface area (Å²) in [6.07, 6.45) is 5.24. The van der Waals surface area contributed by atoms with E-state index in [-0.39, 0.29) is 18.9 Å². The third kappa shape index (κ3) is 1.15. The first-order valence-electron chi connectivity index (χ1n) is 4.30. The van der Waals surface area contributed by atoms with Crippen molar-refractivity contribution < 1.29 is 18.9 Å². The van der Waals surface area contributed by atoms with Gasteiger partial charge in [-0.15, -0.1) is 0 Å². The van der Waals surface area contributed by atoms with Crippen molar-refractivity contribution in [3.63, 3.8) is 0 Å². The van der Waals surface area contributed by atoms with E-state index in [1.54, 1.807) is 5.56 Å². The summed E-state index contributed by atoms with van der Waals surface area (Å²) in [5.74, 6) is 0.878. The molecule has 0 N–H and O–H groups in total. The van der Waals surface area contributed by atoms with Crippen molar-refractivity contribution in [2.24, 2.45) is 5.41 Å². The van der Waals surface area contributed by atoms with Crippen LogP contribution < -0.4 is 18.9 Å². The average Bonchev–Trinajstić information content (AvgIpc) is 2.95. The molecular weight excluding hydrogens is 139 g/mol. The molecule has 1 unspecified atom stereocenters. The van der Waals surface area contributed by atoms with Gasteiger partial charge in [0.25, 0.3) is 0 Å². The fourth-order valence-corrected chi connectivity index (χ4v) is 2.04. The first-order valence-corrected chi connectivity index (χ1v) is 4.30. The summed E-state index contributed by atoms with van der Waals surface area (Å²) in [4.78, 5) is 0. The average molecular weight is 150 g/mol. The monoisotopic (exact) mass is 150 g/mol. The summed E-state index contributed by atoms with van der Waals surface area (Å²) in [5.41, 5.74) is 2.24. The van der Waals surface area contributed by atoms with Crippen molar-refractivity contribution in [2.45, 2.75) is 18.8 Å². The van der Waals surface area contributed by atoms with Crippen LogP contribution in [0.4, 0.5) is 0 Å². The van der Waals surface area contributed by atoms with Gasteiger partial charge in [0.15, 0.2) is 0 Å². The Morgan fingerprint density at radius 1 is 1.25 bits per heavy atom. The van der Waals surface area contributed by atoms with Crippen molar-refractivity contribution in [1.82, 2.24) is 0 Å². The fraction of sp³-hybridized carbons (Fsp3) is 0.364. The molecule has 1 aromatic rings. The van der Waals surface area contributed by atoms with Crippen LogP contribution in [0.15, 0.2) is 30.3 Å². The molecule has 0 nitrogen and oxygen atoms in total. The largest absolute Gasteiger partial charge is 1.00 e. The molecule has 1 aromatic carbocycles. The van der Waals surface area contributed by atoms with Gasteiger partial charge in [-0.25, -0.2) is 6.42 Å². The molecule has 2 fully saturated rings. The molecule has 0 aromatic heterocycles. The number of rotatable bonds is 1. The van der Waals surface area contributed by atoms with Crippen molar-refractivity contribution in [3.05, 3.63) is 42.3 Å². The molecule has 2 aliphatic carbocycles. The molecule has 0 bridgehead atoms. The molecule has 3 rings (SSSR count). The molecule has 0 aliphatic heterocycles. The predicted octanol–water partition coefficient (Wildman–Crippen LogP) is -0.228. The van der Waals surface area contributed by atoms with Gasteiger partial charge in [-0.05, 0) is 11.5 Å². The van der Waals surface area contributed by atoms with Crippen molar-refractivity contribution in [3.8, 4) is 0 Å². The van der Waals surface area contributed by atoms with E-state index in [0.717, 1.165) is 5.92 Å². The van der Waals surface area contributed by atoms with E-state index in [0.29, 0.717) is 5.41 Å². The Morgan fingerprint density at radius 3 is 2.42 bits per heavy atom. The zero-order valence-electron chi connectivity index (χ0n) is 7.46. The minimum absolute atomic E-state index is 0. The van der Waals surface area contributed by atoms with E-state index in [2.05, 4.69) is 36.8 Å². The molecule has 56 valence electrons. The normalized spacial score (nSPS) is 35.8. The van der Waals surface area contributed by atoms with E-state index in [9.17, 15) is 0 Å². The molecule has 0 saturated heterocycles. The summed E-state index contributed by atoms with van der Waals surface area (Å²) in [7, 11) is 0. The minimum atomic E-state index is 0. The topological polar surface area (TPSA) is 0 Å². The summed E-state index contributed by atoms with van der Waals surface area (Å²) in [6.45, 7) is 0. The molecule has 1 spiro atoms. The van der Waals surface area contributed by atoms with Gasteiger partial charge in [0, 0.05) is 0 Å². The Labute approximate surface area is 85.5 Å². The summed E-state index contributed by atoms with van der Waals surface area (Å²) in [6, 6.07) is 10.9. The fourth-order valence-electron chi connectivity index (χ4n) is 2.04. The molecular formula is C11H11Li. The molecule has 12 heavy (non-hydrogen) atoms. The van der Waals surface area contributed by atoms with Gasteiger partial charge in [0.05, 0.1) is 0 Å². The quantitative estimate of drug-likeness (QED) is 0.383. The van der Waals surface area contributed by atoms with Crippen molar-refractivity contribution >= 4 is 0 Å². The van der Waals surface area contributed by atoms with Crippen molar-refractivity contribution in [2.75, 3.05) is 0 Å². The van der Waals surface area contributed by atoms with E-state index >= 15 is 0 Å². The van der Waals surface area contributed by atoms with Gasteiger partial charge in [-0.2, -0.15) is 5.41 Å². The van der Waals surface area contributed by atoms with E-state index in [4.69, 9.17) is 0 Å². The van der Waals surface area contributed by atoms with Crippen LogP contribution in [0.1, 0.15) is 24.3 Å². The Balaban J connectivity index is 0.000000563. The van der Waals surface area contributed by atoms with Crippen LogP contribution in [0.2, 0.25) is 0 Å². The maximum Gasteiger partial charge on any atom is 1.00 e. The standard InChI is InChI=1S/C11H11.Li/c1-2-4-9(5-3-1)10-8-11(10)6-7-11;/h1-6,10H,7-8H2;/q-1;+1/t10?,11-;/m1./s1. The molecule has 2 aliphatic rings. The van der Waals surface area contributed by atoms with Gasteiger partial charge >= 0.3 is 18.9 Å². The van der Waals surface area contributed by atoms with E-state index in [1.165, 1.54) is 12.8 Å². The summed E-state index contributed by atoms with van der Waals surface area (Å²) in [5, 5.41) is 0. The molecule has 0 heterocycles. The Kier molecular flexibility index (Phi) is 1.86. The maximum absolute atomic E-state index is 2.46. The minimum Gasteiger partial charge on any atom is -0.326 e. The van der Waals surface area contributed by atoms with Crippen LogP contribution in [-0.4, -0.2) is 0 Å². The van der Waals surface area contributed by atoms with Gasteiger partial charge in [0.2, 0.25) is 0 Å². The van der Waals surface area contributed by atoms with Crippen molar-refractivity contribution in [1.29, 1.82) is 0 Å². The zero-order chi connectivity index (χ0) is 7.31. The Bertz CT molecular complexity index is 274. The second-order valence-corrected chi connectivity index (χ2v) is 3.81.